The van der Waals surface area contributed by atoms with Gasteiger partial charge in [-0.1, -0.05) is 13.3 Å². The smallest absolute Gasteiger partial charge is 0.305 e. The molecular weight excluding hydrogens is 332 g/mol. The molecule has 0 spiro atoms. The van der Waals surface area contributed by atoms with Crippen LogP contribution in [-0.4, -0.2) is 31.3 Å². The van der Waals surface area contributed by atoms with Gasteiger partial charge in [0.25, 0.3) is 0 Å². The minimum Gasteiger partial charge on any atom is -0.481 e. The third-order valence-corrected chi connectivity index (χ3v) is 4.28. The van der Waals surface area contributed by atoms with Crippen LogP contribution >= 0.6 is 27.3 Å². The summed E-state index contributed by atoms with van der Waals surface area (Å²) in [6, 6.07) is 3.62. The quantitative estimate of drug-likeness (QED) is 0.870. The Bertz CT molecular complexity index is 569. The maximum absolute atomic E-state index is 10.9. The first-order valence-electron chi connectivity index (χ1n) is 5.87. The van der Waals surface area contributed by atoms with E-state index in [-0.39, 0.29) is 12.5 Å². The number of tetrazole rings is 1. The molecule has 0 fully saturated rings. The highest BCUT2D eigenvalue weighted by molar-refractivity contribution is 9.11. The molecule has 1 atom stereocenters. The maximum atomic E-state index is 10.9. The van der Waals surface area contributed by atoms with Gasteiger partial charge in [-0.15, -0.1) is 16.4 Å². The normalized spacial score (nSPS) is 12.5. The molecule has 2 heterocycles. The molecule has 0 saturated heterocycles. The lowest BCUT2D eigenvalue weighted by Crippen LogP contribution is -2.16. The van der Waals surface area contributed by atoms with Crippen LogP contribution in [0.3, 0.4) is 0 Å². The van der Waals surface area contributed by atoms with Crippen LogP contribution in [0.2, 0.25) is 0 Å². The number of nitrogens with zero attached hydrogens (tertiary/aromatic N) is 4. The minimum atomic E-state index is -0.840. The zero-order valence-electron chi connectivity index (χ0n) is 10.3. The van der Waals surface area contributed by atoms with Crippen LogP contribution in [0, 0.1) is 0 Å². The van der Waals surface area contributed by atoms with Crippen LogP contribution in [0.4, 0.5) is 0 Å². The van der Waals surface area contributed by atoms with Crippen molar-refractivity contribution in [2.24, 2.45) is 0 Å². The van der Waals surface area contributed by atoms with Gasteiger partial charge in [0.15, 0.2) is 5.82 Å². The van der Waals surface area contributed by atoms with E-state index in [0.717, 1.165) is 21.5 Å². The highest BCUT2D eigenvalue weighted by atomic mass is 79.9. The van der Waals surface area contributed by atoms with Crippen LogP contribution in [0.25, 0.3) is 10.7 Å². The summed E-state index contributed by atoms with van der Waals surface area (Å²) in [7, 11) is 0. The molecule has 2 rings (SSSR count). The molecule has 2 aromatic rings. The van der Waals surface area contributed by atoms with E-state index >= 15 is 0 Å². The third-order valence-electron chi connectivity index (χ3n) is 2.66. The van der Waals surface area contributed by atoms with Gasteiger partial charge in [0.05, 0.1) is 21.1 Å². The fourth-order valence-electron chi connectivity index (χ4n) is 1.88. The molecule has 6 nitrogen and oxygen atoms in total. The van der Waals surface area contributed by atoms with Crippen LogP contribution in [0.5, 0.6) is 0 Å². The van der Waals surface area contributed by atoms with Gasteiger partial charge in [0.2, 0.25) is 0 Å². The number of carboxylic acid groups (broad SMARTS) is 1. The molecular formula is C11H13BrN4O2S. The molecule has 0 aliphatic heterocycles. The molecule has 1 N–H and O–H groups in total. The van der Waals surface area contributed by atoms with Crippen molar-refractivity contribution in [1.29, 1.82) is 0 Å². The summed E-state index contributed by atoms with van der Waals surface area (Å²) >= 11 is 4.92. The summed E-state index contributed by atoms with van der Waals surface area (Å²) < 4.78 is 2.61. The topological polar surface area (TPSA) is 80.9 Å². The zero-order valence-corrected chi connectivity index (χ0v) is 12.7. The first kappa shape index (κ1) is 14.1. The standard InChI is InChI=1S/C11H13BrN4O2S/c1-2-3-7(6-10(17)18)16-11(13-14-15-16)8-4-5-9(12)19-8/h4-5,7H,2-3,6H2,1H3,(H,17,18). The highest BCUT2D eigenvalue weighted by Crippen LogP contribution is 2.31. The van der Waals surface area contributed by atoms with E-state index in [9.17, 15) is 4.79 Å². The Labute approximate surface area is 122 Å². The van der Waals surface area contributed by atoms with Crippen molar-refractivity contribution in [2.75, 3.05) is 0 Å². The summed E-state index contributed by atoms with van der Waals surface area (Å²) in [5, 5.41) is 20.6. The van der Waals surface area contributed by atoms with E-state index in [1.54, 1.807) is 4.68 Å². The molecule has 0 amide bonds. The van der Waals surface area contributed by atoms with Crippen LogP contribution < -0.4 is 0 Å². The Morgan fingerprint density at radius 3 is 2.95 bits per heavy atom. The maximum Gasteiger partial charge on any atom is 0.305 e. The van der Waals surface area contributed by atoms with Crippen molar-refractivity contribution in [3.05, 3.63) is 15.9 Å². The van der Waals surface area contributed by atoms with E-state index in [0.29, 0.717) is 5.82 Å². The number of aliphatic carboxylic acids is 1. The largest absolute Gasteiger partial charge is 0.481 e. The predicted octanol–water partition coefficient (Wildman–Crippen LogP) is 2.98. The summed E-state index contributed by atoms with van der Waals surface area (Å²) in [6.07, 6.45) is 1.64. The average Bonchev–Trinajstić information content (AvgIpc) is 2.95. The summed E-state index contributed by atoms with van der Waals surface area (Å²) in [6.45, 7) is 2.01. The molecule has 0 aliphatic rings. The Balaban J connectivity index is 2.33. The molecule has 102 valence electrons. The lowest BCUT2D eigenvalue weighted by molar-refractivity contribution is -0.138. The van der Waals surface area contributed by atoms with E-state index in [1.807, 2.05) is 19.1 Å². The molecule has 0 saturated carbocycles. The number of hydrogen-bond acceptors (Lipinski definition) is 5. The van der Waals surface area contributed by atoms with Gasteiger partial charge in [-0.2, -0.15) is 0 Å². The number of halogens is 1. The molecule has 2 aromatic heterocycles. The Morgan fingerprint density at radius 2 is 2.37 bits per heavy atom. The minimum absolute atomic E-state index is 0.0262. The fraction of sp³-hybridized carbons (Fsp3) is 0.455. The SMILES string of the molecule is CCCC(CC(=O)O)n1nnnc1-c1ccc(Br)s1. The van der Waals surface area contributed by atoms with Crippen molar-refractivity contribution in [1.82, 2.24) is 20.2 Å². The number of aromatic nitrogens is 4. The molecule has 0 aromatic carbocycles. The van der Waals surface area contributed by atoms with Crippen LogP contribution in [0.1, 0.15) is 32.2 Å². The van der Waals surface area contributed by atoms with Crippen molar-refractivity contribution in [3.63, 3.8) is 0 Å². The van der Waals surface area contributed by atoms with Gasteiger partial charge >= 0.3 is 5.97 Å². The van der Waals surface area contributed by atoms with Crippen molar-refractivity contribution >= 4 is 33.2 Å². The van der Waals surface area contributed by atoms with E-state index in [2.05, 4.69) is 31.5 Å². The van der Waals surface area contributed by atoms with Gasteiger partial charge in [-0.25, -0.2) is 4.68 Å². The number of hydrogen-bond donors (Lipinski definition) is 1. The van der Waals surface area contributed by atoms with Crippen LogP contribution in [-0.2, 0) is 4.79 Å². The van der Waals surface area contributed by atoms with Crippen molar-refractivity contribution < 1.29 is 9.90 Å². The van der Waals surface area contributed by atoms with E-state index < -0.39 is 5.97 Å². The molecule has 19 heavy (non-hydrogen) atoms. The predicted molar refractivity (Wildman–Crippen MR) is 75.0 cm³/mol. The van der Waals surface area contributed by atoms with Gasteiger partial charge in [-0.05, 0) is 44.9 Å². The molecule has 0 radical (unpaired) electrons. The fourth-order valence-corrected chi connectivity index (χ4v) is 3.25. The summed E-state index contributed by atoms with van der Waals surface area (Å²) in [5.41, 5.74) is 0. The molecule has 0 bridgehead atoms. The second-order valence-corrected chi connectivity index (χ2v) is 6.55. The number of carboxylic acids is 1. The molecule has 1 unspecified atom stereocenters. The van der Waals surface area contributed by atoms with E-state index in [1.165, 1.54) is 11.3 Å². The second-order valence-electron chi connectivity index (χ2n) is 4.09. The first-order valence-corrected chi connectivity index (χ1v) is 7.48. The van der Waals surface area contributed by atoms with Gasteiger partial charge < -0.3 is 5.11 Å². The lowest BCUT2D eigenvalue weighted by Gasteiger charge is -2.14. The third kappa shape index (κ3) is 3.38. The summed E-state index contributed by atoms with van der Waals surface area (Å²) in [4.78, 5) is 11.9. The Morgan fingerprint density at radius 1 is 1.58 bits per heavy atom. The Kier molecular flexibility index (Phi) is 4.65. The van der Waals surface area contributed by atoms with Gasteiger partial charge in [0, 0.05) is 0 Å². The van der Waals surface area contributed by atoms with E-state index in [4.69, 9.17) is 5.11 Å². The number of thiophene rings is 1. The number of carbonyl (C=O) groups is 1. The monoisotopic (exact) mass is 344 g/mol. The highest BCUT2D eigenvalue weighted by Gasteiger charge is 2.21. The summed E-state index contributed by atoms with van der Waals surface area (Å²) in [5.74, 6) is -0.220. The van der Waals surface area contributed by atoms with Crippen molar-refractivity contribution in [3.8, 4) is 10.7 Å². The first-order chi connectivity index (χ1) is 9.11. The van der Waals surface area contributed by atoms with Crippen molar-refractivity contribution in [2.45, 2.75) is 32.2 Å². The second kappa shape index (κ2) is 6.25. The van der Waals surface area contributed by atoms with Gasteiger partial charge in [0.1, 0.15) is 0 Å². The Hall–Kier alpha value is -1.28. The average molecular weight is 345 g/mol. The number of rotatable bonds is 6. The molecule has 8 heteroatoms. The van der Waals surface area contributed by atoms with Gasteiger partial charge in [-0.3, -0.25) is 4.79 Å². The zero-order chi connectivity index (χ0) is 13.8. The molecule has 0 aliphatic carbocycles. The van der Waals surface area contributed by atoms with Crippen LogP contribution in [0.15, 0.2) is 15.9 Å². The lowest BCUT2D eigenvalue weighted by atomic mass is 10.1.